The van der Waals surface area contributed by atoms with Crippen molar-refractivity contribution >= 4 is 17.9 Å². The van der Waals surface area contributed by atoms with Gasteiger partial charge in [0.15, 0.2) is 11.5 Å². The van der Waals surface area contributed by atoms with Gasteiger partial charge < -0.3 is 14.2 Å². The molecule has 0 fully saturated rings. The van der Waals surface area contributed by atoms with Crippen LogP contribution in [0.1, 0.15) is 52.5 Å². The molecule has 1 aromatic carbocycles. The third-order valence-electron chi connectivity index (χ3n) is 5.06. The number of imide groups is 1. The molecule has 0 saturated carbocycles. The first-order chi connectivity index (χ1) is 15.3. The smallest absolute Gasteiger partial charge is 0.271 e. The Hall–Kier alpha value is -3.11. The Balaban J connectivity index is 2.33. The Bertz CT molecular complexity index is 940. The minimum absolute atomic E-state index is 0.0212. The van der Waals surface area contributed by atoms with E-state index in [0.29, 0.717) is 47.8 Å². The largest absolute Gasteiger partial charge is 0.493 e. The molecule has 0 radical (unpaired) electrons. The summed E-state index contributed by atoms with van der Waals surface area (Å²) in [7, 11) is 1.56. The van der Waals surface area contributed by atoms with Crippen molar-refractivity contribution in [3.05, 3.63) is 40.5 Å². The van der Waals surface area contributed by atoms with Gasteiger partial charge in [0, 0.05) is 18.7 Å². The average Bonchev–Trinajstić information content (AvgIpc) is 2.77. The maximum atomic E-state index is 13.1. The third kappa shape index (κ3) is 6.21. The topological polar surface area (TPSA) is 88.9 Å². The van der Waals surface area contributed by atoms with Crippen LogP contribution in [0.25, 0.3) is 6.08 Å². The normalized spacial score (nSPS) is 15.5. The van der Waals surface area contributed by atoms with Crippen LogP contribution in [0.5, 0.6) is 11.5 Å². The highest BCUT2D eigenvalue weighted by atomic mass is 16.5. The average molecular weight is 441 g/mol. The maximum Gasteiger partial charge on any atom is 0.271 e. The zero-order valence-electron chi connectivity index (χ0n) is 19.6. The van der Waals surface area contributed by atoms with E-state index in [9.17, 15) is 14.9 Å². The number of hydrogen-bond donors (Lipinski definition) is 0. The van der Waals surface area contributed by atoms with Crippen molar-refractivity contribution in [1.29, 1.82) is 5.26 Å². The molecule has 172 valence electrons. The number of ether oxygens (including phenoxy) is 3. The Morgan fingerprint density at radius 2 is 1.88 bits per heavy atom. The van der Waals surface area contributed by atoms with Crippen LogP contribution in [0, 0.1) is 11.3 Å². The summed E-state index contributed by atoms with van der Waals surface area (Å²) >= 11 is 0. The fourth-order valence-corrected chi connectivity index (χ4v) is 3.26. The number of amides is 2. The molecule has 0 spiro atoms. The summed E-state index contributed by atoms with van der Waals surface area (Å²) in [6.45, 7) is 8.77. The SMILES string of the molecule is CCCCOc1ccc(/C=C2/C(=O)N(CCCOC(C)C)C(=O)C(C#N)=C2C)cc1OC. The predicted molar refractivity (Wildman–Crippen MR) is 122 cm³/mol. The first-order valence-electron chi connectivity index (χ1n) is 11.0. The van der Waals surface area contributed by atoms with Gasteiger partial charge in [-0.15, -0.1) is 0 Å². The molecular formula is C25H32N2O5. The van der Waals surface area contributed by atoms with E-state index in [1.54, 1.807) is 32.2 Å². The summed E-state index contributed by atoms with van der Waals surface area (Å²) in [5, 5.41) is 9.53. The summed E-state index contributed by atoms with van der Waals surface area (Å²) in [6.07, 6.45) is 4.21. The Morgan fingerprint density at radius 3 is 2.50 bits per heavy atom. The standard InChI is InChI=1S/C25H32N2O5/c1-6-7-12-32-22-10-9-19(15-23(22)30-5)14-20-18(4)21(16-26)25(29)27(24(20)28)11-8-13-31-17(2)3/h9-10,14-15,17H,6-8,11-13H2,1-5H3/b20-14+. The van der Waals surface area contributed by atoms with Gasteiger partial charge in [0.05, 0.1) is 19.8 Å². The van der Waals surface area contributed by atoms with Gasteiger partial charge in [0.2, 0.25) is 0 Å². The number of unbranched alkanes of at least 4 members (excludes halogenated alkanes) is 1. The van der Waals surface area contributed by atoms with E-state index in [4.69, 9.17) is 14.2 Å². The first-order valence-corrected chi connectivity index (χ1v) is 11.0. The van der Waals surface area contributed by atoms with Crippen LogP contribution in [0.3, 0.4) is 0 Å². The maximum absolute atomic E-state index is 13.1. The van der Waals surface area contributed by atoms with E-state index in [2.05, 4.69) is 6.92 Å². The van der Waals surface area contributed by atoms with Crippen LogP contribution < -0.4 is 9.47 Å². The molecule has 7 nitrogen and oxygen atoms in total. The number of carbonyl (C=O) groups excluding carboxylic acids is 2. The van der Waals surface area contributed by atoms with Crippen LogP contribution in [0.4, 0.5) is 0 Å². The van der Waals surface area contributed by atoms with Crippen molar-refractivity contribution in [2.24, 2.45) is 0 Å². The van der Waals surface area contributed by atoms with E-state index in [1.165, 1.54) is 0 Å². The Morgan fingerprint density at radius 1 is 1.12 bits per heavy atom. The molecule has 0 saturated heterocycles. The van der Waals surface area contributed by atoms with Crippen LogP contribution >= 0.6 is 0 Å². The lowest BCUT2D eigenvalue weighted by Crippen LogP contribution is -2.43. The molecule has 0 bridgehead atoms. The van der Waals surface area contributed by atoms with E-state index >= 15 is 0 Å². The summed E-state index contributed by atoms with van der Waals surface area (Å²) in [4.78, 5) is 27.0. The number of nitriles is 1. The van der Waals surface area contributed by atoms with Crippen LogP contribution in [-0.2, 0) is 14.3 Å². The lowest BCUT2D eigenvalue weighted by molar-refractivity contribution is -0.140. The fourth-order valence-electron chi connectivity index (χ4n) is 3.26. The van der Waals surface area contributed by atoms with Crippen molar-refractivity contribution < 1.29 is 23.8 Å². The van der Waals surface area contributed by atoms with Gasteiger partial charge in [-0.3, -0.25) is 14.5 Å². The van der Waals surface area contributed by atoms with E-state index in [1.807, 2.05) is 26.0 Å². The predicted octanol–water partition coefficient (Wildman–Crippen LogP) is 4.28. The molecular weight excluding hydrogens is 408 g/mol. The van der Waals surface area contributed by atoms with Gasteiger partial charge >= 0.3 is 0 Å². The van der Waals surface area contributed by atoms with E-state index in [-0.39, 0.29) is 18.2 Å². The molecule has 1 aliphatic rings. The summed E-state index contributed by atoms with van der Waals surface area (Å²) in [5.74, 6) is 0.205. The summed E-state index contributed by atoms with van der Waals surface area (Å²) < 4.78 is 16.7. The monoisotopic (exact) mass is 440 g/mol. The molecule has 2 amide bonds. The molecule has 0 unspecified atom stereocenters. The van der Waals surface area contributed by atoms with Gasteiger partial charge in [-0.25, -0.2) is 0 Å². The minimum atomic E-state index is -0.561. The molecule has 7 heteroatoms. The fraction of sp³-hybridized carbons (Fsp3) is 0.480. The van der Waals surface area contributed by atoms with Crippen molar-refractivity contribution in [3.63, 3.8) is 0 Å². The molecule has 32 heavy (non-hydrogen) atoms. The van der Waals surface area contributed by atoms with Crippen molar-refractivity contribution in [1.82, 2.24) is 4.90 Å². The minimum Gasteiger partial charge on any atom is -0.493 e. The van der Waals surface area contributed by atoms with E-state index < -0.39 is 11.8 Å². The number of benzene rings is 1. The quantitative estimate of drug-likeness (QED) is 0.290. The lowest BCUT2D eigenvalue weighted by atomic mass is 9.93. The van der Waals surface area contributed by atoms with Gasteiger partial charge in [-0.05, 0) is 63.0 Å². The number of rotatable bonds is 11. The molecule has 0 N–H and O–H groups in total. The number of nitrogens with zero attached hydrogens (tertiary/aromatic N) is 2. The third-order valence-corrected chi connectivity index (χ3v) is 5.06. The second-order valence-electron chi connectivity index (χ2n) is 7.82. The molecule has 0 aliphatic carbocycles. The molecule has 2 rings (SSSR count). The molecule has 1 aromatic rings. The molecule has 1 heterocycles. The van der Waals surface area contributed by atoms with Crippen molar-refractivity contribution in [2.75, 3.05) is 26.9 Å². The second kappa shape index (κ2) is 12.1. The molecule has 1 aliphatic heterocycles. The van der Waals surface area contributed by atoms with E-state index in [0.717, 1.165) is 17.7 Å². The first kappa shape index (κ1) is 25.2. The Kier molecular flexibility index (Phi) is 9.48. The second-order valence-corrected chi connectivity index (χ2v) is 7.82. The van der Waals surface area contributed by atoms with Gasteiger partial charge in [-0.1, -0.05) is 19.4 Å². The highest BCUT2D eigenvalue weighted by Gasteiger charge is 2.35. The molecule has 0 atom stereocenters. The Labute approximate surface area is 190 Å². The van der Waals surface area contributed by atoms with Crippen molar-refractivity contribution in [3.8, 4) is 17.6 Å². The van der Waals surface area contributed by atoms with Crippen molar-refractivity contribution in [2.45, 2.75) is 53.1 Å². The van der Waals surface area contributed by atoms with Crippen LogP contribution in [-0.4, -0.2) is 49.7 Å². The summed E-state index contributed by atoms with van der Waals surface area (Å²) in [6, 6.07) is 7.35. The van der Waals surface area contributed by atoms with Crippen LogP contribution in [0.2, 0.25) is 0 Å². The summed E-state index contributed by atoms with van der Waals surface area (Å²) in [5.41, 5.74) is 1.38. The van der Waals surface area contributed by atoms with Crippen LogP contribution in [0.15, 0.2) is 34.9 Å². The van der Waals surface area contributed by atoms with Gasteiger partial charge in [-0.2, -0.15) is 5.26 Å². The number of hydrogen-bond acceptors (Lipinski definition) is 6. The highest BCUT2D eigenvalue weighted by Crippen LogP contribution is 2.32. The van der Waals surface area contributed by atoms with Gasteiger partial charge in [0.1, 0.15) is 11.6 Å². The van der Waals surface area contributed by atoms with Gasteiger partial charge in [0.25, 0.3) is 11.8 Å². The zero-order valence-corrected chi connectivity index (χ0v) is 19.6. The highest BCUT2D eigenvalue weighted by molar-refractivity contribution is 6.19. The zero-order chi connectivity index (χ0) is 23.7. The number of methoxy groups -OCH3 is 1. The lowest BCUT2D eigenvalue weighted by Gasteiger charge is -2.27. The number of carbonyl (C=O) groups is 2. The molecule has 0 aromatic heterocycles.